The Hall–Kier alpha value is -2.98. The molecule has 1 heterocycles. The number of para-hydroxylation sites is 1. The van der Waals surface area contributed by atoms with Crippen LogP contribution in [0.3, 0.4) is 0 Å². The first-order chi connectivity index (χ1) is 17.7. The SMILES string of the molecule is CCOc1cc(/C=C2\C(=O)NC(=S)N(c3ccccc3F)C2=O)c(Br)cc1OCc1ccc(Cl)c(Cl)c1. The smallest absolute Gasteiger partial charge is 0.270 e. The van der Waals surface area contributed by atoms with E-state index in [1.165, 1.54) is 24.3 Å². The van der Waals surface area contributed by atoms with E-state index in [1.54, 1.807) is 36.4 Å². The van der Waals surface area contributed by atoms with Gasteiger partial charge < -0.3 is 9.47 Å². The van der Waals surface area contributed by atoms with Crippen LogP contribution in [0, 0.1) is 5.82 Å². The molecule has 190 valence electrons. The third-order valence-corrected chi connectivity index (χ3v) is 6.95. The summed E-state index contributed by atoms with van der Waals surface area (Å²) in [5.41, 5.74) is 0.964. The number of nitrogens with zero attached hydrogens (tertiary/aromatic N) is 1. The van der Waals surface area contributed by atoms with Gasteiger partial charge in [0, 0.05) is 4.47 Å². The molecular weight excluding hydrogens is 606 g/mol. The van der Waals surface area contributed by atoms with Gasteiger partial charge in [-0.15, -0.1) is 0 Å². The Kier molecular flexibility index (Phi) is 8.49. The first kappa shape index (κ1) is 27.1. The molecule has 3 aromatic carbocycles. The van der Waals surface area contributed by atoms with Crippen LogP contribution >= 0.6 is 51.3 Å². The Morgan fingerprint density at radius 3 is 2.49 bits per heavy atom. The van der Waals surface area contributed by atoms with Gasteiger partial charge in [0.05, 0.1) is 22.3 Å². The summed E-state index contributed by atoms with van der Waals surface area (Å²) in [7, 11) is 0. The predicted octanol–water partition coefficient (Wildman–Crippen LogP) is 6.70. The highest BCUT2D eigenvalue weighted by Crippen LogP contribution is 2.36. The van der Waals surface area contributed by atoms with E-state index in [9.17, 15) is 14.0 Å². The van der Waals surface area contributed by atoms with Crippen LogP contribution in [0.15, 0.2) is 64.6 Å². The maximum Gasteiger partial charge on any atom is 0.270 e. The molecule has 0 bridgehead atoms. The number of carbonyl (C=O) groups is 2. The van der Waals surface area contributed by atoms with Gasteiger partial charge in [0.2, 0.25) is 0 Å². The fourth-order valence-electron chi connectivity index (χ4n) is 3.50. The summed E-state index contributed by atoms with van der Waals surface area (Å²) in [5, 5.41) is 3.09. The molecule has 6 nitrogen and oxygen atoms in total. The Balaban J connectivity index is 1.67. The van der Waals surface area contributed by atoms with Gasteiger partial charge in [0.25, 0.3) is 11.8 Å². The molecule has 0 atom stereocenters. The number of thiocarbonyl (C=S) groups is 1. The average Bonchev–Trinajstić information content (AvgIpc) is 2.85. The Morgan fingerprint density at radius 1 is 1.05 bits per heavy atom. The molecule has 0 unspecified atom stereocenters. The molecular formula is C26H18BrCl2FN2O4S. The lowest BCUT2D eigenvalue weighted by atomic mass is 10.1. The number of anilines is 1. The molecule has 0 radical (unpaired) electrons. The molecule has 1 aliphatic heterocycles. The minimum atomic E-state index is -0.761. The van der Waals surface area contributed by atoms with Crippen LogP contribution in [0.5, 0.6) is 11.5 Å². The molecule has 11 heteroatoms. The van der Waals surface area contributed by atoms with Gasteiger partial charge in [0.15, 0.2) is 16.6 Å². The Bertz CT molecular complexity index is 1450. The van der Waals surface area contributed by atoms with E-state index >= 15 is 0 Å². The van der Waals surface area contributed by atoms with Crippen molar-refractivity contribution >= 4 is 80.0 Å². The van der Waals surface area contributed by atoms with Crippen LogP contribution < -0.4 is 19.7 Å². The van der Waals surface area contributed by atoms with Crippen molar-refractivity contribution in [1.29, 1.82) is 0 Å². The number of ether oxygens (including phenoxy) is 2. The van der Waals surface area contributed by atoms with Crippen LogP contribution in [0.1, 0.15) is 18.1 Å². The van der Waals surface area contributed by atoms with Crippen LogP contribution in [0.4, 0.5) is 10.1 Å². The molecule has 3 aromatic rings. The second kappa shape index (κ2) is 11.6. The monoisotopic (exact) mass is 622 g/mol. The topological polar surface area (TPSA) is 67.9 Å². The molecule has 1 fully saturated rings. The second-order valence-corrected chi connectivity index (χ2v) is 9.76. The lowest BCUT2D eigenvalue weighted by molar-refractivity contribution is -0.122. The third-order valence-electron chi connectivity index (χ3n) is 5.24. The zero-order valence-electron chi connectivity index (χ0n) is 19.2. The van der Waals surface area contributed by atoms with Gasteiger partial charge in [-0.05, 0) is 72.7 Å². The maximum absolute atomic E-state index is 14.4. The molecule has 37 heavy (non-hydrogen) atoms. The van der Waals surface area contributed by atoms with Crippen molar-refractivity contribution in [2.24, 2.45) is 0 Å². The van der Waals surface area contributed by atoms with Crippen molar-refractivity contribution in [3.63, 3.8) is 0 Å². The Labute approximate surface area is 236 Å². The van der Waals surface area contributed by atoms with Crippen molar-refractivity contribution in [1.82, 2.24) is 5.32 Å². The van der Waals surface area contributed by atoms with Crippen molar-refractivity contribution in [2.45, 2.75) is 13.5 Å². The van der Waals surface area contributed by atoms with Gasteiger partial charge in [-0.3, -0.25) is 14.9 Å². The Morgan fingerprint density at radius 2 is 1.78 bits per heavy atom. The minimum Gasteiger partial charge on any atom is -0.490 e. The lowest BCUT2D eigenvalue weighted by Gasteiger charge is -2.29. The highest BCUT2D eigenvalue weighted by atomic mass is 79.9. The van der Waals surface area contributed by atoms with Crippen molar-refractivity contribution in [3.05, 3.63) is 91.6 Å². The van der Waals surface area contributed by atoms with E-state index in [0.29, 0.717) is 38.2 Å². The predicted molar refractivity (Wildman–Crippen MR) is 149 cm³/mol. The summed E-state index contributed by atoms with van der Waals surface area (Å²) in [5.74, 6) is -1.30. The summed E-state index contributed by atoms with van der Waals surface area (Å²) in [6.45, 7) is 2.35. The number of halogens is 4. The second-order valence-electron chi connectivity index (χ2n) is 7.70. The van der Waals surface area contributed by atoms with Gasteiger partial charge >= 0.3 is 0 Å². The number of benzene rings is 3. The zero-order chi connectivity index (χ0) is 26.7. The molecule has 0 aliphatic carbocycles. The molecule has 1 aliphatic rings. The number of rotatable bonds is 7. The summed E-state index contributed by atoms with van der Waals surface area (Å²) in [4.78, 5) is 26.9. The molecule has 2 amide bonds. The van der Waals surface area contributed by atoms with Crippen LogP contribution in [-0.4, -0.2) is 23.5 Å². The normalized spacial score (nSPS) is 14.7. The van der Waals surface area contributed by atoms with E-state index in [0.717, 1.165) is 10.5 Å². The lowest BCUT2D eigenvalue weighted by Crippen LogP contribution is -2.54. The van der Waals surface area contributed by atoms with Gasteiger partial charge in [0.1, 0.15) is 18.0 Å². The number of carbonyl (C=O) groups excluding carboxylic acids is 2. The van der Waals surface area contributed by atoms with Gasteiger partial charge in [-0.1, -0.05) is 57.3 Å². The first-order valence-electron chi connectivity index (χ1n) is 10.9. The highest BCUT2D eigenvalue weighted by molar-refractivity contribution is 9.10. The third kappa shape index (κ3) is 5.96. The van der Waals surface area contributed by atoms with Crippen molar-refractivity contribution in [2.75, 3.05) is 11.5 Å². The fourth-order valence-corrected chi connectivity index (χ4v) is 4.53. The van der Waals surface area contributed by atoms with E-state index in [4.69, 9.17) is 44.9 Å². The molecule has 0 aromatic heterocycles. The number of nitrogens with one attached hydrogen (secondary N) is 1. The standard InChI is InChI=1S/C26H18BrCl2FN2O4S/c1-2-35-22-11-15(17(27)12-23(22)36-13-14-7-8-18(28)19(29)9-14)10-16-24(33)31-26(37)32(25(16)34)21-6-4-3-5-20(21)30/h3-12H,2,13H2,1H3,(H,31,33,37)/b16-10+. The van der Waals surface area contributed by atoms with E-state index in [-0.39, 0.29) is 23.0 Å². The number of amides is 2. The minimum absolute atomic E-state index is 0.0662. The number of hydrogen-bond acceptors (Lipinski definition) is 5. The zero-order valence-corrected chi connectivity index (χ0v) is 23.1. The van der Waals surface area contributed by atoms with Gasteiger partial charge in [-0.2, -0.15) is 0 Å². The fraction of sp³-hybridized carbons (Fsp3) is 0.115. The summed E-state index contributed by atoms with van der Waals surface area (Å²) >= 11 is 20.7. The summed E-state index contributed by atoms with van der Waals surface area (Å²) in [6.07, 6.45) is 1.38. The maximum atomic E-state index is 14.4. The van der Waals surface area contributed by atoms with Crippen LogP contribution in [0.25, 0.3) is 6.08 Å². The first-order valence-corrected chi connectivity index (χ1v) is 12.8. The highest BCUT2D eigenvalue weighted by Gasteiger charge is 2.35. The van der Waals surface area contributed by atoms with Crippen molar-refractivity contribution < 1.29 is 23.5 Å². The van der Waals surface area contributed by atoms with Gasteiger partial charge in [-0.25, -0.2) is 9.29 Å². The van der Waals surface area contributed by atoms with Crippen LogP contribution in [0.2, 0.25) is 10.0 Å². The van der Waals surface area contributed by atoms with Crippen molar-refractivity contribution in [3.8, 4) is 11.5 Å². The largest absolute Gasteiger partial charge is 0.490 e. The van der Waals surface area contributed by atoms with E-state index in [2.05, 4.69) is 21.2 Å². The molecule has 1 N–H and O–H groups in total. The average molecular weight is 624 g/mol. The summed E-state index contributed by atoms with van der Waals surface area (Å²) in [6, 6.07) is 14.1. The van der Waals surface area contributed by atoms with E-state index < -0.39 is 17.6 Å². The number of hydrogen-bond donors (Lipinski definition) is 1. The molecule has 0 saturated carbocycles. The molecule has 1 saturated heterocycles. The van der Waals surface area contributed by atoms with E-state index in [1.807, 2.05) is 6.92 Å². The summed E-state index contributed by atoms with van der Waals surface area (Å²) < 4.78 is 26.6. The van der Waals surface area contributed by atoms with Crippen LogP contribution in [-0.2, 0) is 16.2 Å². The molecule has 0 spiro atoms. The molecule has 4 rings (SSSR count). The quantitative estimate of drug-likeness (QED) is 0.180.